The van der Waals surface area contributed by atoms with Gasteiger partial charge in [0.1, 0.15) is 0 Å². The van der Waals surface area contributed by atoms with Gasteiger partial charge in [-0.3, -0.25) is 19.6 Å². The number of hydrogen-bond donors (Lipinski definition) is 2. The molecule has 0 aliphatic heterocycles. The van der Waals surface area contributed by atoms with E-state index < -0.39 is 11.2 Å². The van der Waals surface area contributed by atoms with Gasteiger partial charge < -0.3 is 9.88 Å². The van der Waals surface area contributed by atoms with Gasteiger partial charge in [-0.05, 0) is 25.5 Å². The third-order valence-corrected chi connectivity index (χ3v) is 3.49. The van der Waals surface area contributed by atoms with Crippen molar-refractivity contribution in [3.8, 4) is 0 Å². The van der Waals surface area contributed by atoms with E-state index in [0.717, 1.165) is 17.8 Å². The van der Waals surface area contributed by atoms with Gasteiger partial charge >= 0.3 is 5.69 Å². The van der Waals surface area contributed by atoms with Crippen molar-refractivity contribution in [2.75, 3.05) is 0 Å². The molecular formula is C16H20N4O3. The maximum atomic E-state index is 12.1. The van der Waals surface area contributed by atoms with Crippen LogP contribution in [0, 0.1) is 6.92 Å². The normalized spacial score (nSPS) is 11.9. The van der Waals surface area contributed by atoms with Gasteiger partial charge in [0.2, 0.25) is 5.91 Å². The molecule has 7 heteroatoms. The first kappa shape index (κ1) is 16.7. The first-order valence-corrected chi connectivity index (χ1v) is 7.52. The highest BCUT2D eigenvalue weighted by Crippen LogP contribution is 2.14. The Kier molecular flexibility index (Phi) is 5.46. The predicted molar refractivity (Wildman–Crippen MR) is 86.1 cm³/mol. The van der Waals surface area contributed by atoms with Crippen LogP contribution in [0.25, 0.3) is 0 Å². The summed E-state index contributed by atoms with van der Waals surface area (Å²) in [5.41, 5.74) is 0.752. The van der Waals surface area contributed by atoms with Gasteiger partial charge in [0.25, 0.3) is 5.56 Å². The van der Waals surface area contributed by atoms with E-state index in [1.807, 2.05) is 32.0 Å². The fraction of sp³-hybridized carbons (Fsp3) is 0.375. The average molecular weight is 316 g/mol. The van der Waals surface area contributed by atoms with Crippen LogP contribution in [-0.2, 0) is 11.3 Å². The molecule has 0 radical (unpaired) electrons. The number of rotatable bonds is 6. The molecule has 1 atom stereocenters. The van der Waals surface area contributed by atoms with Crippen molar-refractivity contribution in [1.29, 1.82) is 0 Å². The van der Waals surface area contributed by atoms with Gasteiger partial charge in [-0.25, -0.2) is 4.79 Å². The molecule has 23 heavy (non-hydrogen) atoms. The molecule has 2 aromatic rings. The standard InChI is InChI=1S/C16H20N4O3/c1-3-12(13-6-4-5-11(2)17-13)18-14(21)7-9-20-10-8-15(22)19-16(20)23/h4-6,8,10,12H,3,7,9H2,1-2H3,(H,18,21)(H,19,22,23)/t12-/m0/s1. The molecule has 0 aliphatic rings. The van der Waals surface area contributed by atoms with Crippen LogP contribution in [0.2, 0.25) is 0 Å². The molecule has 122 valence electrons. The quantitative estimate of drug-likeness (QED) is 0.827. The Hall–Kier alpha value is -2.70. The van der Waals surface area contributed by atoms with Crippen molar-refractivity contribution in [2.45, 2.75) is 39.3 Å². The van der Waals surface area contributed by atoms with E-state index in [1.54, 1.807) is 0 Å². The Labute approximate surface area is 133 Å². The molecule has 2 heterocycles. The van der Waals surface area contributed by atoms with E-state index in [9.17, 15) is 14.4 Å². The smallest absolute Gasteiger partial charge is 0.328 e. The van der Waals surface area contributed by atoms with Crippen molar-refractivity contribution in [3.05, 3.63) is 62.7 Å². The van der Waals surface area contributed by atoms with Gasteiger partial charge in [-0.1, -0.05) is 13.0 Å². The largest absolute Gasteiger partial charge is 0.348 e. The third kappa shape index (κ3) is 4.64. The van der Waals surface area contributed by atoms with Crippen molar-refractivity contribution in [2.24, 2.45) is 0 Å². The second-order valence-electron chi connectivity index (χ2n) is 5.29. The molecule has 7 nitrogen and oxygen atoms in total. The molecule has 0 spiro atoms. The van der Waals surface area contributed by atoms with Gasteiger partial charge in [0.15, 0.2) is 0 Å². The summed E-state index contributed by atoms with van der Waals surface area (Å²) in [6, 6.07) is 6.79. The number of aryl methyl sites for hydroxylation is 2. The Morgan fingerprint density at radius 1 is 1.35 bits per heavy atom. The second kappa shape index (κ2) is 7.53. The number of amides is 1. The van der Waals surface area contributed by atoms with Crippen LogP contribution >= 0.6 is 0 Å². The van der Waals surface area contributed by atoms with Crippen molar-refractivity contribution in [3.63, 3.8) is 0 Å². The summed E-state index contributed by atoms with van der Waals surface area (Å²) in [7, 11) is 0. The van der Waals surface area contributed by atoms with Crippen LogP contribution in [0.1, 0.15) is 37.2 Å². The van der Waals surface area contributed by atoms with E-state index >= 15 is 0 Å². The van der Waals surface area contributed by atoms with Gasteiger partial charge in [-0.2, -0.15) is 0 Å². The molecule has 0 fully saturated rings. The highest BCUT2D eigenvalue weighted by molar-refractivity contribution is 5.76. The lowest BCUT2D eigenvalue weighted by Gasteiger charge is -2.17. The van der Waals surface area contributed by atoms with Crippen LogP contribution in [0.15, 0.2) is 40.1 Å². The van der Waals surface area contributed by atoms with Crippen molar-refractivity contribution in [1.82, 2.24) is 19.9 Å². The molecule has 2 aromatic heterocycles. The number of carbonyl (C=O) groups excluding carboxylic acids is 1. The van der Waals surface area contributed by atoms with Gasteiger partial charge in [0.05, 0.1) is 11.7 Å². The fourth-order valence-corrected chi connectivity index (χ4v) is 2.25. The number of aromatic amines is 1. The molecule has 0 saturated heterocycles. The number of nitrogens with zero attached hydrogens (tertiary/aromatic N) is 2. The summed E-state index contributed by atoms with van der Waals surface area (Å²) >= 11 is 0. The molecule has 2 rings (SSSR count). The zero-order valence-corrected chi connectivity index (χ0v) is 13.2. The molecule has 1 amide bonds. The number of pyridine rings is 1. The lowest BCUT2D eigenvalue weighted by molar-refractivity contribution is -0.122. The average Bonchev–Trinajstić information content (AvgIpc) is 2.51. The molecule has 2 N–H and O–H groups in total. The summed E-state index contributed by atoms with van der Waals surface area (Å²) < 4.78 is 1.30. The van der Waals surface area contributed by atoms with E-state index in [1.165, 1.54) is 16.8 Å². The van der Waals surface area contributed by atoms with Crippen LogP contribution in [0.5, 0.6) is 0 Å². The molecule has 0 aromatic carbocycles. The van der Waals surface area contributed by atoms with Gasteiger partial charge in [0, 0.05) is 30.9 Å². The summed E-state index contributed by atoms with van der Waals surface area (Å²) in [5, 5.41) is 2.92. The maximum absolute atomic E-state index is 12.1. The Morgan fingerprint density at radius 3 is 2.78 bits per heavy atom. The maximum Gasteiger partial charge on any atom is 0.328 e. The lowest BCUT2D eigenvalue weighted by atomic mass is 10.1. The third-order valence-electron chi connectivity index (χ3n) is 3.49. The van der Waals surface area contributed by atoms with E-state index in [0.29, 0.717) is 0 Å². The molecule has 0 bridgehead atoms. The first-order valence-electron chi connectivity index (χ1n) is 7.52. The monoisotopic (exact) mass is 316 g/mol. The van der Waals surface area contributed by atoms with Crippen LogP contribution in [-0.4, -0.2) is 20.4 Å². The van der Waals surface area contributed by atoms with Crippen LogP contribution in [0.3, 0.4) is 0 Å². The summed E-state index contributed by atoms with van der Waals surface area (Å²) in [6.07, 6.45) is 2.25. The minimum atomic E-state index is -0.516. The van der Waals surface area contributed by atoms with E-state index in [4.69, 9.17) is 0 Å². The molecule has 0 saturated carbocycles. The molecule has 0 unspecified atom stereocenters. The molecular weight excluding hydrogens is 296 g/mol. The number of H-pyrrole nitrogens is 1. The van der Waals surface area contributed by atoms with E-state index in [2.05, 4.69) is 15.3 Å². The fourth-order valence-electron chi connectivity index (χ4n) is 2.25. The Bertz CT molecular complexity index is 794. The summed E-state index contributed by atoms with van der Waals surface area (Å²) in [4.78, 5) is 41.2. The lowest BCUT2D eigenvalue weighted by Crippen LogP contribution is -2.32. The topological polar surface area (TPSA) is 96.9 Å². The van der Waals surface area contributed by atoms with Crippen molar-refractivity contribution >= 4 is 5.91 Å². The Morgan fingerprint density at radius 2 is 2.13 bits per heavy atom. The van der Waals surface area contributed by atoms with Gasteiger partial charge in [-0.15, -0.1) is 0 Å². The number of aromatic nitrogens is 3. The minimum absolute atomic E-state index is 0.147. The van der Waals surface area contributed by atoms with E-state index in [-0.39, 0.29) is 24.9 Å². The van der Waals surface area contributed by atoms with Crippen LogP contribution in [0.4, 0.5) is 0 Å². The predicted octanol–water partition coefficient (Wildman–Crippen LogP) is 0.898. The highest BCUT2D eigenvalue weighted by atomic mass is 16.2. The first-order chi connectivity index (χ1) is 11.0. The van der Waals surface area contributed by atoms with Crippen LogP contribution < -0.4 is 16.6 Å². The molecule has 0 aliphatic carbocycles. The number of nitrogens with one attached hydrogen (secondary N) is 2. The number of hydrogen-bond acceptors (Lipinski definition) is 4. The number of carbonyl (C=O) groups is 1. The Balaban J connectivity index is 1.97. The summed E-state index contributed by atoms with van der Waals surface area (Å²) in [6.45, 7) is 4.08. The highest BCUT2D eigenvalue weighted by Gasteiger charge is 2.14. The minimum Gasteiger partial charge on any atom is -0.348 e. The zero-order chi connectivity index (χ0) is 16.8. The SMILES string of the molecule is CC[C@H](NC(=O)CCn1ccc(=O)[nH]c1=O)c1cccc(C)n1. The van der Waals surface area contributed by atoms with Crippen molar-refractivity contribution < 1.29 is 4.79 Å². The second-order valence-corrected chi connectivity index (χ2v) is 5.29. The zero-order valence-electron chi connectivity index (χ0n) is 13.2. The summed E-state index contributed by atoms with van der Waals surface area (Å²) in [5.74, 6) is -0.168.